The number of aliphatic carboxylic acids is 1. The summed E-state index contributed by atoms with van der Waals surface area (Å²) >= 11 is 0. The van der Waals surface area contributed by atoms with Gasteiger partial charge in [0.15, 0.2) is 6.10 Å². The summed E-state index contributed by atoms with van der Waals surface area (Å²) < 4.78 is 15.5. The lowest BCUT2D eigenvalue weighted by molar-refractivity contribution is -0.271. The molecule has 5 N–H and O–H groups in total. The first-order valence-corrected chi connectivity index (χ1v) is 7.29. The normalized spacial score (nSPS) is 28.9. The Labute approximate surface area is 142 Å². The summed E-state index contributed by atoms with van der Waals surface area (Å²) in [5, 5.41) is 40.9. The smallest absolute Gasteiger partial charge is 0.335 e. The van der Waals surface area contributed by atoms with Crippen LogP contribution in [0.2, 0.25) is 0 Å². The molecule has 1 aliphatic rings. The van der Waals surface area contributed by atoms with Crippen molar-refractivity contribution >= 4 is 17.6 Å². The number of hydrogen-bond acceptors (Lipinski definition) is 8. The largest absolute Gasteiger partial charge is 0.494 e. The molecule has 0 unspecified atom stereocenters. The van der Waals surface area contributed by atoms with Crippen LogP contribution in [0.4, 0.5) is 5.69 Å². The van der Waals surface area contributed by atoms with Crippen molar-refractivity contribution in [2.24, 2.45) is 0 Å². The predicted octanol–water partition coefficient (Wildman–Crippen LogP) is -1.08. The van der Waals surface area contributed by atoms with Gasteiger partial charge >= 0.3 is 5.97 Å². The van der Waals surface area contributed by atoms with Crippen LogP contribution >= 0.6 is 0 Å². The number of amides is 1. The van der Waals surface area contributed by atoms with E-state index in [0.29, 0.717) is 5.69 Å². The average Bonchev–Trinajstić information content (AvgIpc) is 2.55. The molecule has 1 amide bonds. The van der Waals surface area contributed by atoms with Crippen molar-refractivity contribution in [3.8, 4) is 11.5 Å². The summed E-state index contributed by atoms with van der Waals surface area (Å²) in [7, 11) is 1.37. The molecule has 1 saturated heterocycles. The lowest BCUT2D eigenvalue weighted by atomic mass is 9.99. The van der Waals surface area contributed by atoms with Gasteiger partial charge in [-0.3, -0.25) is 4.79 Å². The summed E-state index contributed by atoms with van der Waals surface area (Å²) in [6.07, 6.45) is -8.53. The lowest BCUT2D eigenvalue weighted by Gasteiger charge is -2.38. The molecule has 1 heterocycles. The Morgan fingerprint density at radius 3 is 2.40 bits per heavy atom. The van der Waals surface area contributed by atoms with Gasteiger partial charge in [0, 0.05) is 13.0 Å². The summed E-state index contributed by atoms with van der Waals surface area (Å²) in [5.74, 6) is -1.43. The van der Waals surface area contributed by atoms with Gasteiger partial charge in [0.2, 0.25) is 12.2 Å². The zero-order chi connectivity index (χ0) is 18.7. The maximum atomic E-state index is 11.1. The van der Waals surface area contributed by atoms with E-state index in [0.717, 1.165) is 0 Å². The van der Waals surface area contributed by atoms with Crippen LogP contribution in [0.1, 0.15) is 6.92 Å². The Bertz CT molecular complexity index is 650. The first-order valence-electron chi connectivity index (χ1n) is 7.29. The molecular weight excluding hydrogens is 338 g/mol. The Kier molecular flexibility index (Phi) is 5.80. The minimum atomic E-state index is -1.80. The highest BCUT2D eigenvalue weighted by atomic mass is 16.7. The molecule has 5 atom stereocenters. The molecule has 0 spiro atoms. The number of ether oxygens (including phenoxy) is 3. The molecule has 1 aromatic carbocycles. The Hall–Kier alpha value is -2.40. The van der Waals surface area contributed by atoms with Crippen LogP contribution in [0, 0.1) is 0 Å². The number of carbonyl (C=O) groups excluding carboxylic acids is 1. The highest BCUT2D eigenvalue weighted by Gasteiger charge is 2.48. The minimum Gasteiger partial charge on any atom is -0.494 e. The van der Waals surface area contributed by atoms with Gasteiger partial charge in [0.1, 0.15) is 29.8 Å². The zero-order valence-corrected chi connectivity index (χ0v) is 13.4. The van der Waals surface area contributed by atoms with Crippen LogP contribution < -0.4 is 14.8 Å². The fourth-order valence-electron chi connectivity index (χ4n) is 2.32. The summed E-state index contributed by atoms with van der Waals surface area (Å²) in [5.41, 5.74) is 0.381. The van der Waals surface area contributed by atoms with Gasteiger partial charge in [-0.1, -0.05) is 0 Å². The second-order valence-electron chi connectivity index (χ2n) is 5.40. The Balaban J connectivity index is 2.20. The molecule has 0 radical (unpaired) electrons. The van der Waals surface area contributed by atoms with E-state index in [1.807, 2.05) is 0 Å². The zero-order valence-electron chi connectivity index (χ0n) is 13.4. The Morgan fingerprint density at radius 2 is 1.84 bits per heavy atom. The average molecular weight is 357 g/mol. The number of hydrogen-bond donors (Lipinski definition) is 5. The molecule has 0 bridgehead atoms. The van der Waals surface area contributed by atoms with Gasteiger partial charge in [0.25, 0.3) is 0 Å². The van der Waals surface area contributed by atoms with Crippen molar-refractivity contribution in [3.63, 3.8) is 0 Å². The molecule has 2 rings (SSSR count). The third kappa shape index (κ3) is 4.17. The number of carboxylic acids is 1. The van der Waals surface area contributed by atoms with Gasteiger partial charge < -0.3 is 40.0 Å². The van der Waals surface area contributed by atoms with E-state index in [2.05, 4.69) is 5.32 Å². The van der Waals surface area contributed by atoms with E-state index < -0.39 is 36.7 Å². The lowest BCUT2D eigenvalue weighted by Crippen LogP contribution is -2.61. The molecule has 1 aliphatic heterocycles. The number of carboxylic acid groups (broad SMARTS) is 1. The van der Waals surface area contributed by atoms with E-state index in [4.69, 9.17) is 19.3 Å². The minimum absolute atomic E-state index is 0.128. The first-order chi connectivity index (χ1) is 11.7. The van der Waals surface area contributed by atoms with Crippen LogP contribution in [0.25, 0.3) is 0 Å². The van der Waals surface area contributed by atoms with Crippen molar-refractivity contribution in [2.75, 3.05) is 12.4 Å². The standard InChI is InChI=1S/C15H19NO9/c1-6(17)16-8-4-3-7(5-9(8)23-2)24-15-12(20)10(18)11(19)13(25-15)14(21)22/h3-5,10-13,15,18-20H,1-2H3,(H,16,17)(H,21,22)/t10-,11-,12+,13-,15+/m0/s1. The number of nitrogens with one attached hydrogen (secondary N) is 1. The SMILES string of the molecule is COc1cc(O[C@@H]2O[C@H](C(=O)O)[C@@H](O)[C@H](O)[C@H]2O)ccc1NC(C)=O. The van der Waals surface area contributed by atoms with Gasteiger partial charge in [-0.25, -0.2) is 4.79 Å². The Morgan fingerprint density at radius 1 is 1.16 bits per heavy atom. The van der Waals surface area contributed by atoms with Gasteiger partial charge in [-0.2, -0.15) is 0 Å². The van der Waals surface area contributed by atoms with Gasteiger partial charge in [0.05, 0.1) is 12.8 Å². The van der Waals surface area contributed by atoms with E-state index in [9.17, 15) is 24.9 Å². The third-order valence-corrected chi connectivity index (χ3v) is 3.55. The van der Waals surface area contributed by atoms with E-state index in [1.165, 1.54) is 32.2 Å². The van der Waals surface area contributed by atoms with Crippen LogP contribution in [0.3, 0.4) is 0 Å². The number of anilines is 1. The monoisotopic (exact) mass is 357 g/mol. The summed E-state index contributed by atoms with van der Waals surface area (Å²) in [6.45, 7) is 1.33. The van der Waals surface area contributed by atoms with E-state index >= 15 is 0 Å². The number of rotatable bonds is 5. The summed E-state index contributed by atoms with van der Waals surface area (Å²) in [6, 6.07) is 4.29. The molecule has 10 heteroatoms. The van der Waals surface area contributed by atoms with Crippen molar-refractivity contribution in [2.45, 2.75) is 37.6 Å². The summed E-state index contributed by atoms with van der Waals surface area (Å²) in [4.78, 5) is 22.2. The number of methoxy groups -OCH3 is 1. The molecule has 0 aliphatic carbocycles. The van der Waals surface area contributed by atoms with Crippen LogP contribution in [0.5, 0.6) is 11.5 Å². The number of carbonyl (C=O) groups is 2. The third-order valence-electron chi connectivity index (χ3n) is 3.55. The second-order valence-corrected chi connectivity index (χ2v) is 5.40. The molecular formula is C15H19NO9. The van der Waals surface area contributed by atoms with Crippen molar-refractivity contribution < 1.29 is 44.2 Å². The molecule has 1 aromatic rings. The predicted molar refractivity (Wildman–Crippen MR) is 82.2 cm³/mol. The second kappa shape index (κ2) is 7.66. The fraction of sp³-hybridized carbons (Fsp3) is 0.467. The number of benzene rings is 1. The first kappa shape index (κ1) is 18.9. The maximum absolute atomic E-state index is 11.1. The highest BCUT2D eigenvalue weighted by Crippen LogP contribution is 2.31. The van der Waals surface area contributed by atoms with Crippen LogP contribution in [-0.2, 0) is 14.3 Å². The van der Waals surface area contributed by atoms with Crippen LogP contribution in [0.15, 0.2) is 18.2 Å². The van der Waals surface area contributed by atoms with Crippen LogP contribution in [-0.4, -0.2) is 70.1 Å². The molecule has 10 nitrogen and oxygen atoms in total. The number of aliphatic hydroxyl groups is 3. The van der Waals surface area contributed by atoms with E-state index in [-0.39, 0.29) is 17.4 Å². The maximum Gasteiger partial charge on any atom is 0.335 e. The van der Waals surface area contributed by atoms with Crippen molar-refractivity contribution in [1.29, 1.82) is 0 Å². The van der Waals surface area contributed by atoms with Gasteiger partial charge in [-0.15, -0.1) is 0 Å². The molecule has 1 fully saturated rings. The molecule has 0 saturated carbocycles. The van der Waals surface area contributed by atoms with Gasteiger partial charge in [-0.05, 0) is 12.1 Å². The van der Waals surface area contributed by atoms with Crippen molar-refractivity contribution in [1.82, 2.24) is 0 Å². The highest BCUT2D eigenvalue weighted by molar-refractivity contribution is 5.90. The fourth-order valence-corrected chi connectivity index (χ4v) is 2.32. The number of aliphatic hydroxyl groups excluding tert-OH is 3. The van der Waals surface area contributed by atoms with Crippen molar-refractivity contribution in [3.05, 3.63) is 18.2 Å². The topological polar surface area (TPSA) is 155 Å². The van der Waals surface area contributed by atoms with E-state index in [1.54, 1.807) is 0 Å². The molecule has 0 aromatic heterocycles. The molecule has 138 valence electrons. The molecule has 25 heavy (non-hydrogen) atoms. The quantitative estimate of drug-likeness (QED) is 0.443.